The van der Waals surface area contributed by atoms with Crippen LogP contribution in [0.25, 0.3) is 0 Å². The molecule has 3 nitrogen and oxygen atoms in total. The summed E-state index contributed by atoms with van der Waals surface area (Å²) < 4.78 is 0. The second-order valence-electron chi connectivity index (χ2n) is 6.86. The number of hydrogen-bond acceptors (Lipinski definition) is 2. The largest absolute Gasteiger partial charge is 0.341 e. The highest BCUT2D eigenvalue weighted by Crippen LogP contribution is 2.49. The van der Waals surface area contributed by atoms with Crippen LogP contribution in [0, 0.1) is 5.92 Å². The maximum absolute atomic E-state index is 12.8. The number of amides is 1. The average Bonchev–Trinajstić information content (AvgIpc) is 3.17. The van der Waals surface area contributed by atoms with E-state index in [1.807, 2.05) is 12.1 Å². The Morgan fingerprint density at radius 3 is 2.59 bits per heavy atom. The Morgan fingerprint density at radius 2 is 1.82 bits per heavy atom. The van der Waals surface area contributed by atoms with Gasteiger partial charge in [-0.25, -0.2) is 0 Å². The third kappa shape index (κ3) is 2.86. The normalized spacial score (nSPS) is 33.6. The topological polar surface area (TPSA) is 32.3 Å². The molecule has 2 bridgehead atoms. The minimum Gasteiger partial charge on any atom is -0.341 e. The first-order valence-electron chi connectivity index (χ1n) is 8.11. The first-order valence-corrected chi connectivity index (χ1v) is 8.86. The zero-order chi connectivity index (χ0) is 15.3. The van der Waals surface area contributed by atoms with Gasteiger partial charge in [0.1, 0.15) is 0 Å². The molecule has 5 heteroatoms. The smallest absolute Gasteiger partial charge is 0.226 e. The van der Waals surface area contributed by atoms with Crippen LogP contribution < -0.4 is 5.32 Å². The molecule has 0 spiro atoms. The van der Waals surface area contributed by atoms with Gasteiger partial charge in [0.2, 0.25) is 5.91 Å². The molecular formula is C17H20Cl2N2O. The fraction of sp³-hybridized carbons (Fsp3) is 0.588. The van der Waals surface area contributed by atoms with Crippen LogP contribution in [0.3, 0.4) is 0 Å². The standard InChI is InChI=1S/C17H20Cl2N2O/c18-11-5-10(6-12(19)7-11)15-8-16(15)17(22)21-4-3-13-1-2-14(9-21)20-13/h5-7,13-16,20H,1-4,8-9H2. The van der Waals surface area contributed by atoms with Crippen LogP contribution in [-0.2, 0) is 4.79 Å². The van der Waals surface area contributed by atoms with Crippen molar-refractivity contribution < 1.29 is 4.79 Å². The molecule has 2 saturated heterocycles. The van der Waals surface area contributed by atoms with Crippen LogP contribution in [-0.4, -0.2) is 36.0 Å². The Kier molecular flexibility index (Phi) is 3.83. The molecule has 2 aliphatic heterocycles. The molecule has 3 aliphatic rings. The third-order valence-corrected chi connectivity index (χ3v) is 5.69. The third-order valence-electron chi connectivity index (χ3n) is 5.26. The highest BCUT2D eigenvalue weighted by molar-refractivity contribution is 6.34. The minimum absolute atomic E-state index is 0.117. The van der Waals surface area contributed by atoms with Gasteiger partial charge in [0.25, 0.3) is 0 Å². The first-order chi connectivity index (χ1) is 10.6. The zero-order valence-electron chi connectivity index (χ0n) is 12.4. The predicted octanol–water partition coefficient (Wildman–Crippen LogP) is 3.45. The van der Waals surface area contributed by atoms with E-state index in [2.05, 4.69) is 10.2 Å². The van der Waals surface area contributed by atoms with E-state index in [1.165, 1.54) is 12.8 Å². The maximum Gasteiger partial charge on any atom is 0.226 e. The Labute approximate surface area is 141 Å². The first kappa shape index (κ1) is 14.8. The number of nitrogens with one attached hydrogen (secondary N) is 1. The van der Waals surface area contributed by atoms with Gasteiger partial charge in [-0.05, 0) is 55.4 Å². The van der Waals surface area contributed by atoms with Gasteiger partial charge in [0, 0.05) is 41.1 Å². The molecule has 22 heavy (non-hydrogen) atoms. The fourth-order valence-corrected chi connectivity index (χ4v) is 4.55. The van der Waals surface area contributed by atoms with E-state index in [0.717, 1.165) is 31.5 Å². The highest BCUT2D eigenvalue weighted by atomic mass is 35.5. The van der Waals surface area contributed by atoms with Crippen LogP contribution in [0.5, 0.6) is 0 Å². The van der Waals surface area contributed by atoms with E-state index >= 15 is 0 Å². The monoisotopic (exact) mass is 338 g/mol. The molecule has 4 unspecified atom stereocenters. The summed E-state index contributed by atoms with van der Waals surface area (Å²) in [6.45, 7) is 1.77. The van der Waals surface area contributed by atoms with E-state index in [4.69, 9.17) is 23.2 Å². The van der Waals surface area contributed by atoms with E-state index in [9.17, 15) is 4.79 Å². The Morgan fingerprint density at radius 1 is 1.09 bits per heavy atom. The Balaban J connectivity index is 1.44. The lowest BCUT2D eigenvalue weighted by molar-refractivity contribution is -0.132. The molecule has 1 aliphatic carbocycles. The summed E-state index contributed by atoms with van der Waals surface area (Å²) in [4.78, 5) is 14.9. The van der Waals surface area contributed by atoms with E-state index in [0.29, 0.717) is 28.0 Å². The Bertz CT molecular complexity index is 586. The summed E-state index contributed by atoms with van der Waals surface area (Å²) in [7, 11) is 0. The lowest BCUT2D eigenvalue weighted by Crippen LogP contribution is -2.40. The van der Waals surface area contributed by atoms with Crippen LogP contribution >= 0.6 is 23.2 Å². The average molecular weight is 339 g/mol. The van der Waals surface area contributed by atoms with Crippen LogP contribution in [0.1, 0.15) is 37.2 Å². The van der Waals surface area contributed by atoms with Crippen molar-refractivity contribution in [1.82, 2.24) is 10.2 Å². The number of rotatable bonds is 2. The van der Waals surface area contributed by atoms with Crippen molar-refractivity contribution in [2.45, 2.75) is 43.7 Å². The number of fused-ring (bicyclic) bond motifs is 2. The van der Waals surface area contributed by atoms with Crippen molar-refractivity contribution in [3.63, 3.8) is 0 Å². The molecule has 1 aromatic rings. The van der Waals surface area contributed by atoms with Crippen molar-refractivity contribution in [3.05, 3.63) is 33.8 Å². The van der Waals surface area contributed by atoms with Gasteiger partial charge in [-0.1, -0.05) is 23.2 Å². The number of carbonyl (C=O) groups is 1. The fourth-order valence-electron chi connectivity index (χ4n) is 4.00. The maximum atomic E-state index is 12.8. The van der Waals surface area contributed by atoms with Gasteiger partial charge in [0.05, 0.1) is 0 Å². The van der Waals surface area contributed by atoms with E-state index < -0.39 is 0 Å². The molecule has 4 atom stereocenters. The lowest BCUT2D eigenvalue weighted by atomic mass is 10.1. The summed E-state index contributed by atoms with van der Waals surface area (Å²) in [6, 6.07) is 6.73. The van der Waals surface area contributed by atoms with Crippen LogP contribution in [0.15, 0.2) is 18.2 Å². The zero-order valence-corrected chi connectivity index (χ0v) is 13.9. The molecule has 2 heterocycles. The summed E-state index contributed by atoms with van der Waals surface area (Å²) in [5.74, 6) is 0.721. The Hall–Kier alpha value is -0.770. The molecule has 0 aromatic heterocycles. The molecule has 118 valence electrons. The number of carbonyl (C=O) groups excluding carboxylic acids is 1. The summed E-state index contributed by atoms with van der Waals surface area (Å²) >= 11 is 12.1. The SMILES string of the molecule is O=C(C1CC1c1cc(Cl)cc(Cl)c1)N1CCC2CCC(C1)N2. The van der Waals surface area contributed by atoms with Gasteiger partial charge in [-0.2, -0.15) is 0 Å². The second kappa shape index (κ2) is 5.70. The van der Waals surface area contributed by atoms with Crippen molar-refractivity contribution in [2.75, 3.05) is 13.1 Å². The number of nitrogens with zero attached hydrogens (tertiary/aromatic N) is 1. The van der Waals surface area contributed by atoms with Crippen LogP contribution in [0.2, 0.25) is 10.0 Å². The van der Waals surface area contributed by atoms with E-state index in [1.54, 1.807) is 6.07 Å². The van der Waals surface area contributed by atoms with Crippen LogP contribution in [0.4, 0.5) is 0 Å². The molecule has 1 aromatic carbocycles. The molecular weight excluding hydrogens is 319 g/mol. The lowest BCUT2D eigenvalue weighted by Gasteiger charge is -2.24. The summed E-state index contributed by atoms with van der Waals surface area (Å²) in [5, 5.41) is 4.93. The van der Waals surface area contributed by atoms with Gasteiger partial charge in [-0.3, -0.25) is 4.79 Å². The molecule has 1 amide bonds. The van der Waals surface area contributed by atoms with E-state index in [-0.39, 0.29) is 11.8 Å². The van der Waals surface area contributed by atoms with Gasteiger partial charge in [0.15, 0.2) is 0 Å². The van der Waals surface area contributed by atoms with Crippen molar-refractivity contribution >= 4 is 29.1 Å². The summed E-state index contributed by atoms with van der Waals surface area (Å²) in [6.07, 6.45) is 4.47. The molecule has 0 radical (unpaired) electrons. The predicted molar refractivity (Wildman–Crippen MR) is 88.5 cm³/mol. The molecule has 3 fully saturated rings. The van der Waals surface area contributed by atoms with Crippen molar-refractivity contribution in [3.8, 4) is 0 Å². The van der Waals surface area contributed by atoms with Crippen molar-refractivity contribution in [2.24, 2.45) is 5.92 Å². The molecule has 1 saturated carbocycles. The minimum atomic E-state index is 0.117. The molecule has 4 rings (SSSR count). The number of likely N-dealkylation sites (tertiary alicyclic amines) is 1. The molecule has 1 N–H and O–H groups in total. The number of halogens is 2. The van der Waals surface area contributed by atoms with Crippen molar-refractivity contribution in [1.29, 1.82) is 0 Å². The van der Waals surface area contributed by atoms with Gasteiger partial charge < -0.3 is 10.2 Å². The number of hydrogen-bond donors (Lipinski definition) is 1. The highest BCUT2D eigenvalue weighted by Gasteiger charge is 2.46. The van der Waals surface area contributed by atoms with Gasteiger partial charge >= 0.3 is 0 Å². The summed E-state index contributed by atoms with van der Waals surface area (Å²) in [5.41, 5.74) is 1.10. The van der Waals surface area contributed by atoms with Gasteiger partial charge in [-0.15, -0.1) is 0 Å². The second-order valence-corrected chi connectivity index (χ2v) is 7.74. The quantitative estimate of drug-likeness (QED) is 0.895. The number of benzene rings is 1.